The Hall–Kier alpha value is -1.35. The van der Waals surface area contributed by atoms with E-state index in [-0.39, 0.29) is 18.0 Å². The Morgan fingerprint density at radius 2 is 2.12 bits per heavy atom. The minimum atomic E-state index is 0.00268. The third-order valence-electron chi connectivity index (χ3n) is 3.31. The van der Waals surface area contributed by atoms with Crippen molar-refractivity contribution in [2.75, 3.05) is 6.54 Å². The molecule has 1 fully saturated rings. The number of amides is 1. The zero-order chi connectivity index (χ0) is 12.3. The highest BCUT2D eigenvalue weighted by molar-refractivity contribution is 5.82. The molecule has 1 heterocycles. The maximum absolute atomic E-state index is 11.9. The molecule has 1 unspecified atom stereocenters. The van der Waals surface area contributed by atoms with E-state index in [0.29, 0.717) is 0 Å². The first kappa shape index (κ1) is 12.1. The lowest BCUT2D eigenvalue weighted by atomic mass is 10.1. The summed E-state index contributed by atoms with van der Waals surface area (Å²) in [5, 5.41) is 6.27. The highest BCUT2D eigenvalue weighted by atomic mass is 16.2. The predicted octanol–water partition coefficient (Wildman–Crippen LogP) is 1.92. The standard InChI is InChI=1S/C14H20N2O/c1-10-5-7-12(8-6-10)11(2)16-14(17)13-4-3-9-15-13/h5-8,11,13,15H,3-4,9H2,1-2H3,(H,16,17)/t11-,13?/m1/s1. The maximum atomic E-state index is 11.9. The molecule has 0 spiro atoms. The van der Waals surface area contributed by atoms with Crippen LogP contribution in [0.2, 0.25) is 0 Å². The van der Waals surface area contributed by atoms with Crippen LogP contribution in [0.5, 0.6) is 0 Å². The predicted molar refractivity (Wildman–Crippen MR) is 68.8 cm³/mol. The van der Waals surface area contributed by atoms with E-state index in [1.807, 2.05) is 6.92 Å². The van der Waals surface area contributed by atoms with Crippen LogP contribution in [0.3, 0.4) is 0 Å². The molecule has 1 aromatic carbocycles. The molecule has 1 aromatic rings. The van der Waals surface area contributed by atoms with Crippen LogP contribution in [-0.4, -0.2) is 18.5 Å². The molecule has 3 heteroatoms. The molecule has 1 aliphatic rings. The highest BCUT2D eigenvalue weighted by Gasteiger charge is 2.23. The molecule has 0 aliphatic carbocycles. The van der Waals surface area contributed by atoms with Crippen LogP contribution in [0.4, 0.5) is 0 Å². The van der Waals surface area contributed by atoms with Gasteiger partial charge in [-0.3, -0.25) is 4.79 Å². The molecule has 0 bridgehead atoms. The number of hydrogen-bond acceptors (Lipinski definition) is 2. The molecule has 2 N–H and O–H groups in total. The zero-order valence-corrected chi connectivity index (χ0v) is 10.5. The van der Waals surface area contributed by atoms with Gasteiger partial charge in [-0.2, -0.15) is 0 Å². The number of aryl methyl sites for hydroxylation is 1. The lowest BCUT2D eigenvalue weighted by molar-refractivity contribution is -0.123. The number of nitrogens with one attached hydrogen (secondary N) is 2. The monoisotopic (exact) mass is 232 g/mol. The van der Waals surface area contributed by atoms with E-state index >= 15 is 0 Å². The summed E-state index contributed by atoms with van der Waals surface area (Å²) >= 11 is 0. The Labute approximate surface area is 103 Å². The van der Waals surface area contributed by atoms with Crippen LogP contribution >= 0.6 is 0 Å². The van der Waals surface area contributed by atoms with Crippen molar-refractivity contribution in [3.63, 3.8) is 0 Å². The van der Waals surface area contributed by atoms with Crippen LogP contribution in [0.1, 0.15) is 36.9 Å². The van der Waals surface area contributed by atoms with E-state index in [9.17, 15) is 4.79 Å². The van der Waals surface area contributed by atoms with Gasteiger partial charge < -0.3 is 10.6 Å². The summed E-state index contributed by atoms with van der Waals surface area (Å²) in [7, 11) is 0. The second-order valence-corrected chi connectivity index (χ2v) is 4.79. The van der Waals surface area contributed by atoms with Gasteiger partial charge in [-0.1, -0.05) is 29.8 Å². The van der Waals surface area contributed by atoms with Gasteiger partial charge in [-0.25, -0.2) is 0 Å². The molecule has 0 aromatic heterocycles. The molecule has 2 rings (SSSR count). The fraction of sp³-hybridized carbons (Fsp3) is 0.500. The Morgan fingerprint density at radius 1 is 1.41 bits per heavy atom. The van der Waals surface area contributed by atoms with Gasteiger partial charge in [-0.05, 0) is 38.8 Å². The molecule has 1 saturated heterocycles. The molecule has 17 heavy (non-hydrogen) atoms. The Balaban J connectivity index is 1.93. The quantitative estimate of drug-likeness (QED) is 0.836. The van der Waals surface area contributed by atoms with Gasteiger partial charge in [0.1, 0.15) is 0 Å². The van der Waals surface area contributed by atoms with Crippen molar-refractivity contribution < 1.29 is 4.79 Å². The van der Waals surface area contributed by atoms with Crippen molar-refractivity contribution in [3.05, 3.63) is 35.4 Å². The van der Waals surface area contributed by atoms with Crippen LogP contribution in [-0.2, 0) is 4.79 Å². The van der Waals surface area contributed by atoms with Gasteiger partial charge >= 0.3 is 0 Å². The van der Waals surface area contributed by atoms with Crippen molar-refractivity contribution >= 4 is 5.91 Å². The highest BCUT2D eigenvalue weighted by Crippen LogP contribution is 2.14. The Kier molecular flexibility index (Phi) is 3.79. The first-order valence-electron chi connectivity index (χ1n) is 6.27. The summed E-state index contributed by atoms with van der Waals surface area (Å²) < 4.78 is 0. The molecule has 1 amide bonds. The molecule has 0 saturated carbocycles. The lowest BCUT2D eigenvalue weighted by Crippen LogP contribution is -2.41. The molecular weight excluding hydrogens is 212 g/mol. The summed E-state index contributed by atoms with van der Waals surface area (Å²) in [5.74, 6) is 0.121. The van der Waals surface area contributed by atoms with Crippen LogP contribution < -0.4 is 10.6 Å². The van der Waals surface area contributed by atoms with Crippen LogP contribution in [0.25, 0.3) is 0 Å². The average molecular weight is 232 g/mol. The summed E-state index contributed by atoms with van der Waals surface area (Å²) in [6.07, 6.45) is 2.05. The molecule has 1 aliphatic heterocycles. The fourth-order valence-corrected chi connectivity index (χ4v) is 2.16. The number of hydrogen-bond donors (Lipinski definition) is 2. The van der Waals surface area contributed by atoms with E-state index in [2.05, 4.69) is 41.8 Å². The van der Waals surface area contributed by atoms with E-state index in [1.54, 1.807) is 0 Å². The van der Waals surface area contributed by atoms with Crippen molar-refractivity contribution in [2.45, 2.75) is 38.8 Å². The van der Waals surface area contributed by atoms with Crippen molar-refractivity contribution in [1.82, 2.24) is 10.6 Å². The third-order valence-corrected chi connectivity index (χ3v) is 3.31. The second-order valence-electron chi connectivity index (χ2n) is 4.79. The normalized spacial score (nSPS) is 21.2. The van der Waals surface area contributed by atoms with E-state index in [4.69, 9.17) is 0 Å². The van der Waals surface area contributed by atoms with Gasteiger partial charge in [0.15, 0.2) is 0 Å². The fourth-order valence-electron chi connectivity index (χ4n) is 2.16. The number of benzene rings is 1. The largest absolute Gasteiger partial charge is 0.348 e. The third kappa shape index (κ3) is 3.07. The molecule has 2 atom stereocenters. The van der Waals surface area contributed by atoms with Gasteiger partial charge in [0.2, 0.25) is 5.91 Å². The van der Waals surface area contributed by atoms with Crippen molar-refractivity contribution in [1.29, 1.82) is 0 Å². The van der Waals surface area contributed by atoms with Crippen LogP contribution in [0.15, 0.2) is 24.3 Å². The van der Waals surface area contributed by atoms with Crippen LogP contribution in [0, 0.1) is 6.92 Å². The molecular formula is C14H20N2O. The van der Waals surface area contributed by atoms with Crippen molar-refractivity contribution in [3.8, 4) is 0 Å². The molecule has 0 radical (unpaired) electrons. The second kappa shape index (κ2) is 5.32. The van der Waals surface area contributed by atoms with Crippen molar-refractivity contribution in [2.24, 2.45) is 0 Å². The smallest absolute Gasteiger partial charge is 0.237 e. The van der Waals surface area contributed by atoms with Gasteiger partial charge in [0.05, 0.1) is 12.1 Å². The van der Waals surface area contributed by atoms with Gasteiger partial charge in [-0.15, -0.1) is 0 Å². The number of carbonyl (C=O) groups is 1. The molecule has 92 valence electrons. The minimum absolute atomic E-state index is 0.00268. The minimum Gasteiger partial charge on any atom is -0.348 e. The summed E-state index contributed by atoms with van der Waals surface area (Å²) in [6, 6.07) is 8.37. The lowest BCUT2D eigenvalue weighted by Gasteiger charge is -2.17. The van der Waals surface area contributed by atoms with Gasteiger partial charge in [0, 0.05) is 0 Å². The zero-order valence-electron chi connectivity index (χ0n) is 10.5. The summed E-state index contributed by atoms with van der Waals surface area (Å²) in [5.41, 5.74) is 2.40. The number of carbonyl (C=O) groups excluding carboxylic acids is 1. The average Bonchev–Trinajstić information content (AvgIpc) is 2.83. The maximum Gasteiger partial charge on any atom is 0.237 e. The first-order valence-corrected chi connectivity index (χ1v) is 6.27. The summed E-state index contributed by atoms with van der Waals surface area (Å²) in [6.45, 7) is 5.05. The van der Waals surface area contributed by atoms with E-state index in [1.165, 1.54) is 5.56 Å². The Morgan fingerprint density at radius 3 is 2.71 bits per heavy atom. The molecule has 3 nitrogen and oxygen atoms in total. The topological polar surface area (TPSA) is 41.1 Å². The van der Waals surface area contributed by atoms with Gasteiger partial charge in [0.25, 0.3) is 0 Å². The number of rotatable bonds is 3. The SMILES string of the molecule is Cc1ccc([C@@H](C)NC(=O)C2CCCN2)cc1. The van der Waals surface area contributed by atoms with E-state index < -0.39 is 0 Å². The van der Waals surface area contributed by atoms with E-state index in [0.717, 1.165) is 24.9 Å². The summed E-state index contributed by atoms with van der Waals surface area (Å²) in [4.78, 5) is 11.9. The Bertz CT molecular complexity index is 380. The first-order chi connectivity index (χ1) is 8.16.